The van der Waals surface area contributed by atoms with Crippen LogP contribution in [0.15, 0.2) is 36.4 Å². The lowest BCUT2D eigenvalue weighted by atomic mass is 10.1. The van der Waals surface area contributed by atoms with Crippen LogP contribution in [0.4, 0.5) is 0 Å². The summed E-state index contributed by atoms with van der Waals surface area (Å²) in [5, 5.41) is 21.0. The summed E-state index contributed by atoms with van der Waals surface area (Å²) in [4.78, 5) is 0. The Labute approximate surface area is 92.7 Å². The topological polar surface area (TPSA) is 68.1 Å². The predicted octanol–water partition coefficient (Wildman–Crippen LogP) is 0.962. The van der Waals surface area contributed by atoms with E-state index in [2.05, 4.69) is 15.4 Å². The minimum atomic E-state index is -0.814. The van der Waals surface area contributed by atoms with Crippen molar-refractivity contribution in [2.24, 2.45) is 0 Å². The molecule has 2 aromatic rings. The average molecular weight is 217 g/mol. The molecule has 1 N–H and O–H groups in total. The number of hydrogen-bond acceptors (Lipinski definition) is 5. The number of benzene rings is 1. The van der Waals surface area contributed by atoms with Crippen LogP contribution in [0.2, 0.25) is 0 Å². The molecule has 5 nitrogen and oxygen atoms in total. The van der Waals surface area contributed by atoms with E-state index in [0.29, 0.717) is 11.6 Å². The molecule has 1 unspecified atom stereocenters. The third-order valence-corrected chi connectivity index (χ3v) is 2.18. The van der Waals surface area contributed by atoms with Crippen molar-refractivity contribution in [3.8, 4) is 5.88 Å². The van der Waals surface area contributed by atoms with Crippen molar-refractivity contribution in [2.45, 2.75) is 6.10 Å². The maximum Gasteiger partial charge on any atom is 0.236 e. The Morgan fingerprint density at radius 1 is 1.19 bits per heavy atom. The first-order valence-electron chi connectivity index (χ1n) is 4.78. The highest BCUT2D eigenvalue weighted by molar-refractivity contribution is 5.26. The summed E-state index contributed by atoms with van der Waals surface area (Å²) in [6.07, 6.45) is -0.814. The quantitative estimate of drug-likeness (QED) is 0.829. The van der Waals surface area contributed by atoms with Crippen molar-refractivity contribution in [2.75, 3.05) is 7.11 Å². The van der Waals surface area contributed by atoms with E-state index in [1.807, 2.05) is 30.3 Å². The van der Waals surface area contributed by atoms with Gasteiger partial charge >= 0.3 is 0 Å². The first-order valence-corrected chi connectivity index (χ1v) is 4.78. The van der Waals surface area contributed by atoms with Gasteiger partial charge in [0.25, 0.3) is 0 Å². The average Bonchev–Trinajstić information content (AvgIpc) is 2.39. The molecule has 0 amide bonds. The van der Waals surface area contributed by atoms with Gasteiger partial charge in [-0.15, -0.1) is 5.10 Å². The molecule has 1 aromatic carbocycles. The van der Waals surface area contributed by atoms with E-state index in [0.717, 1.165) is 5.56 Å². The van der Waals surface area contributed by atoms with E-state index in [1.54, 1.807) is 6.07 Å². The summed E-state index contributed by atoms with van der Waals surface area (Å²) in [5.74, 6) is 0.333. The van der Waals surface area contributed by atoms with Crippen LogP contribution >= 0.6 is 0 Å². The Morgan fingerprint density at radius 3 is 2.62 bits per heavy atom. The second-order valence-electron chi connectivity index (χ2n) is 3.21. The highest BCUT2D eigenvalue weighted by atomic mass is 16.5. The zero-order valence-corrected chi connectivity index (χ0v) is 8.74. The van der Waals surface area contributed by atoms with Crippen molar-refractivity contribution >= 4 is 0 Å². The Balaban J connectivity index is 2.30. The van der Waals surface area contributed by atoms with E-state index in [4.69, 9.17) is 4.74 Å². The predicted molar refractivity (Wildman–Crippen MR) is 56.9 cm³/mol. The van der Waals surface area contributed by atoms with Crippen LogP contribution in [0.3, 0.4) is 0 Å². The van der Waals surface area contributed by atoms with Crippen molar-refractivity contribution < 1.29 is 9.84 Å². The number of hydrogen-bond donors (Lipinski definition) is 1. The minimum Gasteiger partial charge on any atom is -0.480 e. The summed E-state index contributed by atoms with van der Waals surface area (Å²) in [7, 11) is 1.49. The van der Waals surface area contributed by atoms with Crippen LogP contribution in [0, 0.1) is 0 Å². The van der Waals surface area contributed by atoms with Crippen LogP contribution in [0.5, 0.6) is 5.88 Å². The van der Waals surface area contributed by atoms with Gasteiger partial charge in [0.1, 0.15) is 11.8 Å². The fourth-order valence-corrected chi connectivity index (χ4v) is 1.34. The van der Waals surface area contributed by atoms with Crippen LogP contribution in [0.1, 0.15) is 17.4 Å². The molecule has 0 bridgehead atoms. The monoisotopic (exact) mass is 217 g/mol. The highest BCUT2D eigenvalue weighted by Crippen LogP contribution is 2.20. The summed E-state index contributed by atoms with van der Waals surface area (Å²) < 4.78 is 4.92. The van der Waals surface area contributed by atoms with Gasteiger partial charge in [-0.25, -0.2) is 0 Å². The van der Waals surface area contributed by atoms with Gasteiger partial charge < -0.3 is 9.84 Å². The van der Waals surface area contributed by atoms with E-state index in [1.165, 1.54) is 7.11 Å². The molecule has 5 heteroatoms. The van der Waals surface area contributed by atoms with Gasteiger partial charge in [-0.3, -0.25) is 0 Å². The third-order valence-electron chi connectivity index (χ3n) is 2.18. The first kappa shape index (κ1) is 10.5. The summed E-state index contributed by atoms with van der Waals surface area (Å²) >= 11 is 0. The lowest BCUT2D eigenvalue weighted by Crippen LogP contribution is -2.05. The van der Waals surface area contributed by atoms with Crippen LogP contribution in [0.25, 0.3) is 0 Å². The van der Waals surface area contributed by atoms with Crippen LogP contribution in [-0.2, 0) is 0 Å². The molecule has 1 aromatic heterocycles. The maximum absolute atomic E-state index is 10.0. The minimum absolute atomic E-state index is 0.333. The number of methoxy groups -OCH3 is 1. The SMILES string of the molecule is COc1cc(C(O)c2ccccc2)nnn1. The lowest BCUT2D eigenvalue weighted by Gasteiger charge is -2.09. The molecule has 2 rings (SSSR count). The Hall–Kier alpha value is -2.01. The number of rotatable bonds is 3. The van der Waals surface area contributed by atoms with E-state index < -0.39 is 6.10 Å². The van der Waals surface area contributed by atoms with Crippen LogP contribution < -0.4 is 4.74 Å². The standard InChI is InChI=1S/C11H11N3O2/c1-16-10-7-9(12-14-13-10)11(15)8-5-3-2-4-6-8/h2-7,11,15H,1H3. The molecule has 0 aliphatic carbocycles. The summed E-state index contributed by atoms with van der Waals surface area (Å²) in [6, 6.07) is 10.8. The molecule has 0 fully saturated rings. The largest absolute Gasteiger partial charge is 0.480 e. The van der Waals surface area contributed by atoms with Gasteiger partial charge in [-0.2, -0.15) is 0 Å². The molecular weight excluding hydrogens is 206 g/mol. The summed E-state index contributed by atoms with van der Waals surface area (Å²) in [6.45, 7) is 0. The Morgan fingerprint density at radius 2 is 1.94 bits per heavy atom. The normalized spacial score (nSPS) is 12.1. The number of aliphatic hydroxyl groups is 1. The molecule has 0 radical (unpaired) electrons. The second-order valence-corrected chi connectivity index (χ2v) is 3.21. The molecule has 0 aliphatic heterocycles. The molecular formula is C11H11N3O2. The lowest BCUT2D eigenvalue weighted by molar-refractivity contribution is 0.212. The van der Waals surface area contributed by atoms with E-state index in [-0.39, 0.29) is 0 Å². The fourth-order valence-electron chi connectivity index (χ4n) is 1.34. The maximum atomic E-state index is 10.0. The van der Waals surface area contributed by atoms with Gasteiger partial charge in [0.15, 0.2) is 0 Å². The number of nitrogens with zero attached hydrogens (tertiary/aromatic N) is 3. The first-order chi connectivity index (χ1) is 7.81. The van der Waals surface area contributed by atoms with Gasteiger partial charge in [0.2, 0.25) is 5.88 Å². The van der Waals surface area contributed by atoms with E-state index in [9.17, 15) is 5.11 Å². The van der Waals surface area contributed by atoms with Crippen LogP contribution in [-0.4, -0.2) is 27.6 Å². The molecule has 0 saturated carbocycles. The summed E-state index contributed by atoms with van der Waals surface area (Å²) in [5.41, 5.74) is 1.17. The third kappa shape index (κ3) is 2.14. The molecule has 1 atom stereocenters. The van der Waals surface area contributed by atoms with E-state index >= 15 is 0 Å². The molecule has 0 saturated heterocycles. The Bertz CT molecular complexity index is 462. The van der Waals surface area contributed by atoms with Crippen molar-refractivity contribution in [3.05, 3.63) is 47.7 Å². The van der Waals surface area contributed by atoms with Gasteiger partial charge in [-0.05, 0) is 10.8 Å². The van der Waals surface area contributed by atoms with Gasteiger partial charge in [0, 0.05) is 6.07 Å². The molecule has 1 heterocycles. The molecule has 0 aliphatic rings. The van der Waals surface area contributed by atoms with Crippen molar-refractivity contribution in [1.29, 1.82) is 0 Å². The number of ether oxygens (including phenoxy) is 1. The second kappa shape index (κ2) is 4.67. The molecule has 0 spiro atoms. The fraction of sp³-hybridized carbons (Fsp3) is 0.182. The zero-order valence-electron chi connectivity index (χ0n) is 8.74. The van der Waals surface area contributed by atoms with Gasteiger partial charge in [-0.1, -0.05) is 35.4 Å². The number of aliphatic hydroxyl groups excluding tert-OH is 1. The highest BCUT2D eigenvalue weighted by Gasteiger charge is 2.13. The number of aromatic nitrogens is 3. The Kier molecular flexibility index (Phi) is 3.07. The van der Waals surface area contributed by atoms with Crippen molar-refractivity contribution in [1.82, 2.24) is 15.4 Å². The van der Waals surface area contributed by atoms with Gasteiger partial charge in [0.05, 0.1) is 7.11 Å². The smallest absolute Gasteiger partial charge is 0.236 e. The molecule has 16 heavy (non-hydrogen) atoms. The van der Waals surface area contributed by atoms with Crippen molar-refractivity contribution in [3.63, 3.8) is 0 Å². The zero-order chi connectivity index (χ0) is 11.4. The molecule has 82 valence electrons.